The highest BCUT2D eigenvalue weighted by atomic mass is 35.5. The largest absolute Gasteiger partial charge is 0.463 e. The van der Waals surface area contributed by atoms with Crippen molar-refractivity contribution in [3.05, 3.63) is 34.9 Å². The Bertz CT molecular complexity index is 393. The van der Waals surface area contributed by atoms with Gasteiger partial charge in [-0.15, -0.1) is 0 Å². The number of carbonyl (C=O) groups excluding carboxylic acids is 1. The van der Waals surface area contributed by atoms with Gasteiger partial charge in [-0.05, 0) is 12.5 Å². The molecule has 0 atom stereocenters. The molecule has 0 unspecified atom stereocenters. The molecule has 0 saturated carbocycles. The van der Waals surface area contributed by atoms with Gasteiger partial charge in [-0.3, -0.25) is 0 Å². The van der Waals surface area contributed by atoms with E-state index in [1.807, 2.05) is 19.1 Å². The van der Waals surface area contributed by atoms with Crippen molar-refractivity contribution in [2.45, 2.75) is 13.3 Å². The maximum atomic E-state index is 11.0. The molecule has 0 fully saturated rings. The number of carbonyl (C=O) groups is 1. The molecule has 0 saturated heterocycles. The van der Waals surface area contributed by atoms with Crippen LogP contribution in [0.25, 0.3) is 0 Å². The van der Waals surface area contributed by atoms with Gasteiger partial charge < -0.3 is 9.57 Å². The Kier molecular flexibility index (Phi) is 6.10. The van der Waals surface area contributed by atoms with E-state index in [1.165, 1.54) is 6.21 Å². The van der Waals surface area contributed by atoms with Crippen molar-refractivity contribution in [2.24, 2.45) is 5.16 Å². The van der Waals surface area contributed by atoms with Crippen molar-refractivity contribution in [1.29, 1.82) is 0 Å². The summed E-state index contributed by atoms with van der Waals surface area (Å²) in [6.07, 6.45) is 2.24. The first kappa shape index (κ1) is 13.5. The lowest BCUT2D eigenvalue weighted by molar-refractivity contribution is -0.148. The van der Waals surface area contributed by atoms with Crippen molar-refractivity contribution in [1.82, 2.24) is 0 Å². The number of hydrogen-bond donors (Lipinski definition) is 0. The van der Waals surface area contributed by atoms with Crippen molar-refractivity contribution < 1.29 is 14.4 Å². The lowest BCUT2D eigenvalue weighted by Gasteiger charge is -2.01. The molecule has 5 heteroatoms. The quantitative estimate of drug-likeness (QED) is 0.446. The Balaban J connectivity index is 2.31. The highest BCUT2D eigenvalue weighted by Gasteiger charge is 2.01. The SMILES string of the molecule is CCCOC(=O)CON=Cc1ccccc1Cl. The van der Waals surface area contributed by atoms with Crippen LogP contribution in [0.1, 0.15) is 18.9 Å². The minimum Gasteiger partial charge on any atom is -0.463 e. The third-order valence-corrected chi connectivity index (χ3v) is 2.17. The molecule has 92 valence electrons. The summed E-state index contributed by atoms with van der Waals surface area (Å²) in [6.45, 7) is 2.13. The van der Waals surface area contributed by atoms with Crippen LogP contribution in [0.3, 0.4) is 0 Å². The first-order valence-electron chi connectivity index (χ1n) is 5.29. The summed E-state index contributed by atoms with van der Waals surface area (Å²) < 4.78 is 4.80. The van der Waals surface area contributed by atoms with E-state index in [-0.39, 0.29) is 6.61 Å². The van der Waals surface area contributed by atoms with Gasteiger partial charge in [0.1, 0.15) is 0 Å². The summed E-state index contributed by atoms with van der Waals surface area (Å²) in [6, 6.07) is 7.20. The minimum atomic E-state index is -0.428. The zero-order valence-corrected chi connectivity index (χ0v) is 10.3. The van der Waals surface area contributed by atoms with Gasteiger partial charge in [-0.1, -0.05) is 41.9 Å². The van der Waals surface area contributed by atoms with Crippen LogP contribution in [-0.2, 0) is 14.4 Å². The molecule has 0 bridgehead atoms. The molecule has 0 spiro atoms. The van der Waals surface area contributed by atoms with Crippen molar-refractivity contribution in [3.63, 3.8) is 0 Å². The molecule has 0 aliphatic heterocycles. The van der Waals surface area contributed by atoms with Gasteiger partial charge in [0.2, 0.25) is 6.61 Å². The number of halogens is 1. The molecule has 0 aliphatic carbocycles. The van der Waals surface area contributed by atoms with Gasteiger partial charge in [-0.2, -0.15) is 0 Å². The monoisotopic (exact) mass is 255 g/mol. The molecule has 0 N–H and O–H groups in total. The second-order valence-corrected chi connectivity index (χ2v) is 3.66. The van der Waals surface area contributed by atoms with E-state index in [0.717, 1.165) is 12.0 Å². The lowest BCUT2D eigenvalue weighted by atomic mass is 10.2. The Hall–Kier alpha value is -1.55. The number of oxime groups is 1. The normalized spacial score (nSPS) is 10.5. The molecule has 0 aliphatic rings. The standard InChI is InChI=1S/C12H14ClNO3/c1-2-7-16-12(15)9-17-14-8-10-5-3-4-6-11(10)13/h3-6,8H,2,7,9H2,1H3. The highest BCUT2D eigenvalue weighted by Crippen LogP contribution is 2.12. The number of esters is 1. The van der Waals surface area contributed by atoms with E-state index in [9.17, 15) is 4.79 Å². The van der Waals surface area contributed by atoms with E-state index < -0.39 is 5.97 Å². The predicted molar refractivity (Wildman–Crippen MR) is 66.2 cm³/mol. The van der Waals surface area contributed by atoms with Crippen LogP contribution < -0.4 is 0 Å². The van der Waals surface area contributed by atoms with Crippen LogP contribution in [0.15, 0.2) is 29.4 Å². The van der Waals surface area contributed by atoms with Crippen LogP contribution in [-0.4, -0.2) is 25.4 Å². The number of benzene rings is 1. The van der Waals surface area contributed by atoms with Crippen LogP contribution in [0.4, 0.5) is 0 Å². The van der Waals surface area contributed by atoms with E-state index in [0.29, 0.717) is 11.6 Å². The van der Waals surface area contributed by atoms with Crippen molar-refractivity contribution in [3.8, 4) is 0 Å². The van der Waals surface area contributed by atoms with Crippen LogP contribution >= 0.6 is 11.6 Å². The topological polar surface area (TPSA) is 47.9 Å². The fraction of sp³-hybridized carbons (Fsp3) is 0.333. The maximum Gasteiger partial charge on any atom is 0.347 e. The number of hydrogen-bond acceptors (Lipinski definition) is 4. The van der Waals surface area contributed by atoms with E-state index in [2.05, 4.69) is 5.16 Å². The van der Waals surface area contributed by atoms with E-state index >= 15 is 0 Å². The average molecular weight is 256 g/mol. The molecule has 0 amide bonds. The van der Waals surface area contributed by atoms with Gasteiger partial charge in [0, 0.05) is 10.6 Å². The molecule has 1 rings (SSSR count). The van der Waals surface area contributed by atoms with Crippen molar-refractivity contribution >= 4 is 23.8 Å². The number of ether oxygens (including phenoxy) is 1. The zero-order chi connectivity index (χ0) is 12.5. The van der Waals surface area contributed by atoms with Gasteiger partial charge in [0.15, 0.2) is 0 Å². The third-order valence-electron chi connectivity index (χ3n) is 1.82. The smallest absolute Gasteiger partial charge is 0.347 e. The summed E-state index contributed by atoms with van der Waals surface area (Å²) in [4.78, 5) is 15.8. The molecule has 1 aromatic rings. The van der Waals surface area contributed by atoms with Crippen molar-refractivity contribution in [2.75, 3.05) is 13.2 Å². The molecule has 0 heterocycles. The fourth-order valence-corrected chi connectivity index (χ4v) is 1.21. The van der Waals surface area contributed by atoms with Gasteiger partial charge in [0.25, 0.3) is 0 Å². The van der Waals surface area contributed by atoms with E-state index in [1.54, 1.807) is 12.1 Å². The molecule has 0 radical (unpaired) electrons. The first-order chi connectivity index (χ1) is 8.24. The second kappa shape index (κ2) is 7.68. The van der Waals surface area contributed by atoms with Crippen LogP contribution in [0.2, 0.25) is 5.02 Å². The highest BCUT2D eigenvalue weighted by molar-refractivity contribution is 6.33. The second-order valence-electron chi connectivity index (χ2n) is 3.25. The molecule has 17 heavy (non-hydrogen) atoms. The summed E-state index contributed by atoms with van der Waals surface area (Å²) in [5.41, 5.74) is 0.732. The zero-order valence-electron chi connectivity index (χ0n) is 9.56. The third kappa shape index (κ3) is 5.36. The minimum absolute atomic E-state index is 0.193. The summed E-state index contributed by atoms with van der Waals surface area (Å²) >= 11 is 5.90. The van der Waals surface area contributed by atoms with Crippen LogP contribution in [0.5, 0.6) is 0 Å². The Morgan fingerprint density at radius 1 is 1.47 bits per heavy atom. The maximum absolute atomic E-state index is 11.0. The number of nitrogens with zero attached hydrogens (tertiary/aromatic N) is 1. The van der Waals surface area contributed by atoms with Gasteiger partial charge in [0.05, 0.1) is 12.8 Å². The molecule has 1 aromatic carbocycles. The van der Waals surface area contributed by atoms with E-state index in [4.69, 9.17) is 21.2 Å². The lowest BCUT2D eigenvalue weighted by Crippen LogP contribution is -2.11. The number of rotatable bonds is 6. The summed E-state index contributed by atoms with van der Waals surface area (Å²) in [7, 11) is 0. The van der Waals surface area contributed by atoms with Gasteiger partial charge in [-0.25, -0.2) is 4.79 Å². The summed E-state index contributed by atoms with van der Waals surface area (Å²) in [5, 5.41) is 4.22. The molecular formula is C12H14ClNO3. The van der Waals surface area contributed by atoms with Crippen LogP contribution in [0, 0.1) is 0 Å². The Labute approximate surface area is 105 Å². The fourth-order valence-electron chi connectivity index (χ4n) is 1.02. The Morgan fingerprint density at radius 3 is 2.94 bits per heavy atom. The molecule has 0 aromatic heterocycles. The molecule has 4 nitrogen and oxygen atoms in total. The van der Waals surface area contributed by atoms with Gasteiger partial charge >= 0.3 is 5.97 Å². The first-order valence-corrected chi connectivity index (χ1v) is 5.67. The predicted octanol–water partition coefficient (Wildman–Crippen LogP) is 2.64. The molecular weight excluding hydrogens is 242 g/mol. The Morgan fingerprint density at radius 2 is 2.24 bits per heavy atom. The summed E-state index contributed by atoms with van der Waals surface area (Å²) in [5.74, 6) is -0.428. The average Bonchev–Trinajstić information content (AvgIpc) is 2.34.